The molecule has 0 radical (unpaired) electrons. The van der Waals surface area contributed by atoms with E-state index in [-0.39, 0.29) is 11.9 Å². The van der Waals surface area contributed by atoms with Gasteiger partial charge in [-0.15, -0.1) is 0 Å². The predicted molar refractivity (Wildman–Crippen MR) is 77.5 cm³/mol. The summed E-state index contributed by atoms with van der Waals surface area (Å²) in [6.45, 7) is 1.75. The highest BCUT2D eigenvalue weighted by Gasteiger charge is 2.19. The molecule has 0 bridgehead atoms. The number of halogens is 3. The molecule has 2 aromatic rings. The van der Waals surface area contributed by atoms with Crippen LogP contribution < -0.4 is 10.5 Å². The van der Waals surface area contributed by atoms with Crippen LogP contribution in [0.15, 0.2) is 46.9 Å². The summed E-state index contributed by atoms with van der Waals surface area (Å²) in [4.78, 5) is 0. The fraction of sp³-hybridized carbons (Fsp3) is 0.200. The van der Waals surface area contributed by atoms with E-state index in [9.17, 15) is 8.78 Å². The van der Waals surface area contributed by atoms with E-state index < -0.39 is 11.9 Å². The molecule has 0 spiro atoms. The Hall–Kier alpha value is -1.46. The molecule has 0 aliphatic heterocycles. The molecule has 106 valence electrons. The molecule has 2 unspecified atom stereocenters. The van der Waals surface area contributed by atoms with Gasteiger partial charge in [0.1, 0.15) is 23.5 Å². The zero-order chi connectivity index (χ0) is 14.7. The Morgan fingerprint density at radius 2 is 1.85 bits per heavy atom. The summed E-state index contributed by atoms with van der Waals surface area (Å²) in [6.07, 6.45) is -0.556. The van der Waals surface area contributed by atoms with Gasteiger partial charge in [-0.05, 0) is 36.8 Å². The van der Waals surface area contributed by atoms with Gasteiger partial charge in [0, 0.05) is 16.6 Å². The minimum absolute atomic E-state index is 0.337. The first-order valence-corrected chi connectivity index (χ1v) is 6.89. The van der Waals surface area contributed by atoms with Crippen LogP contribution in [0.3, 0.4) is 0 Å². The third-order valence-corrected chi connectivity index (χ3v) is 3.21. The van der Waals surface area contributed by atoms with Gasteiger partial charge in [0.25, 0.3) is 0 Å². The first kappa shape index (κ1) is 14.9. The van der Waals surface area contributed by atoms with Crippen LogP contribution in [-0.2, 0) is 0 Å². The number of hydrogen-bond acceptors (Lipinski definition) is 2. The number of ether oxygens (including phenoxy) is 1. The largest absolute Gasteiger partial charge is 0.484 e. The molecule has 0 heterocycles. The first-order valence-electron chi connectivity index (χ1n) is 6.09. The third-order valence-electron chi connectivity index (χ3n) is 2.75. The fourth-order valence-corrected chi connectivity index (χ4v) is 2.35. The predicted octanol–water partition coefficient (Wildman–Crippen LogP) is 4.19. The Balaban J connectivity index is 2.30. The summed E-state index contributed by atoms with van der Waals surface area (Å²) in [7, 11) is 0. The van der Waals surface area contributed by atoms with Crippen LogP contribution in [0, 0.1) is 11.6 Å². The van der Waals surface area contributed by atoms with Crippen LogP contribution in [0.25, 0.3) is 0 Å². The summed E-state index contributed by atoms with van der Waals surface area (Å²) in [5.41, 5.74) is 6.50. The molecule has 2 aromatic carbocycles. The van der Waals surface area contributed by atoms with E-state index in [0.29, 0.717) is 15.8 Å². The Bertz CT molecular complexity index is 584. The molecule has 0 fully saturated rings. The maximum Gasteiger partial charge on any atom is 0.139 e. The normalized spacial score (nSPS) is 13.8. The molecule has 2 nitrogen and oxygen atoms in total. The van der Waals surface area contributed by atoms with Crippen molar-refractivity contribution < 1.29 is 13.5 Å². The average molecular weight is 342 g/mol. The van der Waals surface area contributed by atoms with Crippen molar-refractivity contribution in [2.24, 2.45) is 5.73 Å². The first-order chi connectivity index (χ1) is 9.45. The van der Waals surface area contributed by atoms with Gasteiger partial charge in [0.2, 0.25) is 0 Å². The standard InChI is InChI=1S/C15H14BrF2NO/c1-9(19)15(10-3-2-4-12(17)5-10)20-14-7-11(16)6-13(18)8-14/h2-9,15H,19H2,1H3. The molecule has 0 saturated heterocycles. The SMILES string of the molecule is CC(N)C(Oc1cc(F)cc(Br)c1)c1cccc(F)c1. The van der Waals surface area contributed by atoms with E-state index >= 15 is 0 Å². The molecule has 2 N–H and O–H groups in total. The maximum absolute atomic E-state index is 13.3. The second-order valence-electron chi connectivity index (χ2n) is 4.56. The summed E-state index contributed by atoms with van der Waals surface area (Å²) in [5.74, 6) is -0.447. The Morgan fingerprint density at radius 1 is 1.10 bits per heavy atom. The van der Waals surface area contributed by atoms with Crippen LogP contribution in [0.1, 0.15) is 18.6 Å². The Kier molecular flexibility index (Phi) is 4.73. The summed E-state index contributed by atoms with van der Waals surface area (Å²) in [5, 5.41) is 0. The molecule has 2 rings (SSSR count). The van der Waals surface area contributed by atoms with Crippen molar-refractivity contribution in [1.29, 1.82) is 0 Å². The molecule has 0 amide bonds. The summed E-state index contributed by atoms with van der Waals surface area (Å²) >= 11 is 3.20. The molecule has 0 saturated carbocycles. The van der Waals surface area contributed by atoms with Crippen molar-refractivity contribution in [2.45, 2.75) is 19.1 Å². The van der Waals surface area contributed by atoms with Gasteiger partial charge in [0.15, 0.2) is 0 Å². The van der Waals surface area contributed by atoms with Gasteiger partial charge < -0.3 is 10.5 Å². The van der Waals surface area contributed by atoms with Crippen molar-refractivity contribution in [3.63, 3.8) is 0 Å². The average Bonchev–Trinajstić information content (AvgIpc) is 2.34. The van der Waals surface area contributed by atoms with Gasteiger partial charge in [-0.2, -0.15) is 0 Å². The Morgan fingerprint density at radius 3 is 2.45 bits per heavy atom. The molecule has 5 heteroatoms. The smallest absolute Gasteiger partial charge is 0.139 e. The lowest BCUT2D eigenvalue weighted by atomic mass is 10.0. The molecule has 0 aromatic heterocycles. The van der Waals surface area contributed by atoms with E-state index in [1.54, 1.807) is 25.1 Å². The summed E-state index contributed by atoms with van der Waals surface area (Å²) in [6, 6.07) is 9.88. The van der Waals surface area contributed by atoms with Crippen molar-refractivity contribution in [1.82, 2.24) is 0 Å². The zero-order valence-corrected chi connectivity index (χ0v) is 12.4. The molecule has 20 heavy (non-hydrogen) atoms. The van der Waals surface area contributed by atoms with Crippen LogP contribution >= 0.6 is 15.9 Å². The fourth-order valence-electron chi connectivity index (χ4n) is 1.91. The molecule has 0 aliphatic rings. The lowest BCUT2D eigenvalue weighted by Gasteiger charge is -2.23. The zero-order valence-electron chi connectivity index (χ0n) is 10.8. The monoisotopic (exact) mass is 341 g/mol. The highest BCUT2D eigenvalue weighted by atomic mass is 79.9. The van der Waals surface area contributed by atoms with Crippen LogP contribution in [0.5, 0.6) is 5.75 Å². The second-order valence-corrected chi connectivity index (χ2v) is 5.47. The maximum atomic E-state index is 13.3. The molecule has 0 aliphatic carbocycles. The van der Waals surface area contributed by atoms with Crippen molar-refractivity contribution >= 4 is 15.9 Å². The van der Waals surface area contributed by atoms with E-state index in [1.807, 2.05) is 0 Å². The van der Waals surface area contributed by atoms with Crippen LogP contribution in [0.2, 0.25) is 0 Å². The summed E-state index contributed by atoms with van der Waals surface area (Å²) < 4.78 is 32.9. The van der Waals surface area contributed by atoms with Gasteiger partial charge in [-0.25, -0.2) is 8.78 Å². The van der Waals surface area contributed by atoms with Gasteiger partial charge in [-0.1, -0.05) is 28.1 Å². The van der Waals surface area contributed by atoms with Gasteiger partial charge in [-0.3, -0.25) is 0 Å². The Labute approximate surface area is 124 Å². The lowest BCUT2D eigenvalue weighted by Crippen LogP contribution is -2.29. The quantitative estimate of drug-likeness (QED) is 0.904. The van der Waals surface area contributed by atoms with E-state index in [2.05, 4.69) is 15.9 Å². The topological polar surface area (TPSA) is 35.2 Å². The van der Waals surface area contributed by atoms with E-state index in [4.69, 9.17) is 10.5 Å². The molecule has 2 atom stereocenters. The highest BCUT2D eigenvalue weighted by molar-refractivity contribution is 9.10. The van der Waals surface area contributed by atoms with Crippen molar-refractivity contribution in [3.05, 3.63) is 64.1 Å². The highest BCUT2D eigenvalue weighted by Crippen LogP contribution is 2.27. The van der Waals surface area contributed by atoms with E-state index in [0.717, 1.165) is 0 Å². The second kappa shape index (κ2) is 6.33. The third kappa shape index (κ3) is 3.77. The van der Waals surface area contributed by atoms with Crippen LogP contribution in [-0.4, -0.2) is 6.04 Å². The van der Waals surface area contributed by atoms with E-state index in [1.165, 1.54) is 24.3 Å². The minimum atomic E-state index is -0.556. The van der Waals surface area contributed by atoms with Gasteiger partial charge >= 0.3 is 0 Å². The lowest BCUT2D eigenvalue weighted by molar-refractivity contribution is 0.179. The number of hydrogen-bond donors (Lipinski definition) is 1. The number of benzene rings is 2. The number of nitrogens with two attached hydrogens (primary N) is 1. The minimum Gasteiger partial charge on any atom is -0.484 e. The molecular formula is C15H14BrF2NO. The van der Waals surface area contributed by atoms with Crippen molar-refractivity contribution in [2.75, 3.05) is 0 Å². The van der Waals surface area contributed by atoms with Crippen LogP contribution in [0.4, 0.5) is 8.78 Å². The van der Waals surface area contributed by atoms with Crippen molar-refractivity contribution in [3.8, 4) is 5.75 Å². The van der Waals surface area contributed by atoms with Gasteiger partial charge in [0.05, 0.1) is 0 Å². The number of rotatable bonds is 4. The molecular weight excluding hydrogens is 328 g/mol.